The molecule has 0 fully saturated rings. The van der Waals surface area contributed by atoms with Gasteiger partial charge in [-0.3, -0.25) is 9.48 Å². The lowest BCUT2D eigenvalue weighted by molar-refractivity contribution is -0.131. The molecule has 0 bridgehead atoms. The molecule has 3 aromatic rings. The van der Waals surface area contributed by atoms with Crippen LogP contribution >= 0.6 is 0 Å². The van der Waals surface area contributed by atoms with Crippen LogP contribution in [-0.2, 0) is 24.9 Å². The molecule has 0 aliphatic rings. The summed E-state index contributed by atoms with van der Waals surface area (Å²) >= 11 is 0. The third kappa shape index (κ3) is 2.62. The molecule has 0 aliphatic heterocycles. The topological polar surface area (TPSA) is 68.8 Å². The number of amides is 1. The number of fused-ring (bicyclic) bond motifs is 1. The molecule has 0 radical (unpaired) electrons. The highest BCUT2D eigenvalue weighted by atomic mass is 16.2. The number of carbonyl (C=O) groups excluding carboxylic acids is 1. The fourth-order valence-corrected chi connectivity index (χ4v) is 2.15. The molecule has 0 unspecified atom stereocenters. The minimum absolute atomic E-state index is 0.0214. The first-order chi connectivity index (χ1) is 10.1. The molecule has 2 heterocycles. The van der Waals surface area contributed by atoms with E-state index in [0.717, 1.165) is 16.7 Å². The lowest BCUT2D eigenvalue weighted by Gasteiger charge is -2.16. The van der Waals surface area contributed by atoms with Crippen molar-refractivity contribution in [2.75, 3.05) is 7.05 Å². The highest BCUT2D eigenvalue weighted by Gasteiger charge is 2.14. The molecule has 0 atom stereocenters. The number of likely N-dealkylation sites (N-methyl/N-ethyl adjacent to an activating group) is 1. The molecule has 108 valence electrons. The van der Waals surface area contributed by atoms with Crippen LogP contribution < -0.4 is 0 Å². The summed E-state index contributed by atoms with van der Waals surface area (Å²) in [6.07, 6.45) is 3.39. The van der Waals surface area contributed by atoms with Crippen molar-refractivity contribution in [2.45, 2.75) is 13.1 Å². The molecule has 0 spiro atoms. The molecule has 3 rings (SSSR count). The molecule has 0 aliphatic carbocycles. The Hall–Kier alpha value is -2.70. The molecule has 2 aromatic heterocycles. The van der Waals surface area contributed by atoms with Gasteiger partial charge in [0.1, 0.15) is 12.9 Å². The summed E-state index contributed by atoms with van der Waals surface area (Å²) in [5.74, 6) is 0.725. The molecular formula is C14H16N6O. The maximum Gasteiger partial charge on any atom is 0.244 e. The summed E-state index contributed by atoms with van der Waals surface area (Å²) in [6, 6.07) is 7.83. The fraction of sp³-hybridized carbons (Fsp3) is 0.286. The van der Waals surface area contributed by atoms with Gasteiger partial charge in [-0.05, 0) is 6.07 Å². The highest BCUT2D eigenvalue weighted by molar-refractivity contribution is 5.81. The Kier molecular flexibility index (Phi) is 3.39. The molecular weight excluding hydrogens is 268 g/mol. The lowest BCUT2D eigenvalue weighted by atomic mass is 10.2. The molecule has 21 heavy (non-hydrogen) atoms. The smallest absolute Gasteiger partial charge is 0.244 e. The van der Waals surface area contributed by atoms with Crippen LogP contribution in [0.5, 0.6) is 0 Å². The van der Waals surface area contributed by atoms with Crippen LogP contribution in [0.1, 0.15) is 5.82 Å². The van der Waals surface area contributed by atoms with Gasteiger partial charge >= 0.3 is 0 Å². The van der Waals surface area contributed by atoms with E-state index in [4.69, 9.17) is 0 Å². The van der Waals surface area contributed by atoms with Crippen molar-refractivity contribution in [3.63, 3.8) is 0 Å². The summed E-state index contributed by atoms with van der Waals surface area (Å²) < 4.78 is 3.51. The summed E-state index contributed by atoms with van der Waals surface area (Å²) in [4.78, 5) is 13.9. The van der Waals surface area contributed by atoms with Gasteiger partial charge in [0.15, 0.2) is 5.82 Å². The van der Waals surface area contributed by atoms with Crippen molar-refractivity contribution >= 4 is 16.8 Å². The van der Waals surface area contributed by atoms with Crippen LogP contribution in [0.3, 0.4) is 0 Å². The zero-order valence-electron chi connectivity index (χ0n) is 12.0. The van der Waals surface area contributed by atoms with Crippen molar-refractivity contribution in [1.82, 2.24) is 29.4 Å². The Morgan fingerprint density at radius 3 is 2.90 bits per heavy atom. The van der Waals surface area contributed by atoms with Crippen molar-refractivity contribution in [3.8, 4) is 0 Å². The molecule has 0 saturated carbocycles. The van der Waals surface area contributed by atoms with Crippen LogP contribution in [-0.4, -0.2) is 42.4 Å². The Morgan fingerprint density at radius 1 is 1.33 bits per heavy atom. The van der Waals surface area contributed by atoms with E-state index < -0.39 is 0 Å². The number of nitrogens with zero attached hydrogens (tertiary/aromatic N) is 6. The first-order valence-corrected chi connectivity index (χ1v) is 6.62. The minimum atomic E-state index is -0.0214. The molecule has 0 N–H and O–H groups in total. The van der Waals surface area contributed by atoms with Gasteiger partial charge in [0, 0.05) is 19.5 Å². The molecule has 7 nitrogen and oxygen atoms in total. The molecule has 7 heteroatoms. The Morgan fingerprint density at radius 2 is 2.14 bits per heavy atom. The normalized spacial score (nSPS) is 11.0. The van der Waals surface area contributed by atoms with E-state index in [1.54, 1.807) is 33.7 Å². The van der Waals surface area contributed by atoms with E-state index >= 15 is 0 Å². The number of hydrogen-bond donors (Lipinski definition) is 0. The number of para-hydroxylation sites is 1. The zero-order chi connectivity index (χ0) is 14.8. The average molecular weight is 284 g/mol. The van der Waals surface area contributed by atoms with Crippen LogP contribution in [0.15, 0.2) is 36.8 Å². The third-order valence-electron chi connectivity index (χ3n) is 3.45. The lowest BCUT2D eigenvalue weighted by Crippen LogP contribution is -2.31. The zero-order valence-corrected chi connectivity index (χ0v) is 12.0. The van der Waals surface area contributed by atoms with Gasteiger partial charge in [-0.15, -0.1) is 10.2 Å². The van der Waals surface area contributed by atoms with E-state index in [1.165, 1.54) is 0 Å². The van der Waals surface area contributed by atoms with Crippen LogP contribution in [0, 0.1) is 0 Å². The van der Waals surface area contributed by atoms with Gasteiger partial charge in [-0.25, -0.2) is 0 Å². The summed E-state index contributed by atoms with van der Waals surface area (Å²) in [7, 11) is 3.61. The summed E-state index contributed by atoms with van der Waals surface area (Å²) in [5.41, 5.74) is 0.956. The Labute approximate surface area is 121 Å². The van der Waals surface area contributed by atoms with Gasteiger partial charge in [0.2, 0.25) is 5.91 Å². The third-order valence-corrected chi connectivity index (χ3v) is 3.45. The number of benzene rings is 1. The quantitative estimate of drug-likeness (QED) is 0.711. The SMILES string of the molecule is CN(Cc1nncn1C)C(=O)Cn1ncc2ccccc21. The van der Waals surface area contributed by atoms with E-state index in [-0.39, 0.29) is 12.5 Å². The predicted octanol–water partition coefficient (Wildman–Crippen LogP) is 0.823. The van der Waals surface area contributed by atoms with Gasteiger partial charge in [-0.2, -0.15) is 5.10 Å². The number of aryl methyl sites for hydroxylation is 1. The number of hydrogen-bond acceptors (Lipinski definition) is 4. The predicted molar refractivity (Wildman–Crippen MR) is 77.2 cm³/mol. The number of rotatable bonds is 4. The molecule has 0 saturated heterocycles. The largest absolute Gasteiger partial charge is 0.337 e. The monoisotopic (exact) mass is 284 g/mol. The summed E-state index contributed by atoms with van der Waals surface area (Å²) in [6.45, 7) is 0.635. The van der Waals surface area contributed by atoms with E-state index in [0.29, 0.717) is 6.54 Å². The van der Waals surface area contributed by atoms with Gasteiger partial charge < -0.3 is 9.47 Å². The second-order valence-electron chi connectivity index (χ2n) is 4.97. The van der Waals surface area contributed by atoms with Crippen LogP contribution in [0.25, 0.3) is 10.9 Å². The van der Waals surface area contributed by atoms with E-state index in [2.05, 4.69) is 15.3 Å². The van der Waals surface area contributed by atoms with Crippen molar-refractivity contribution < 1.29 is 4.79 Å². The minimum Gasteiger partial charge on any atom is -0.337 e. The maximum atomic E-state index is 12.3. The maximum absolute atomic E-state index is 12.3. The van der Waals surface area contributed by atoms with Gasteiger partial charge in [-0.1, -0.05) is 18.2 Å². The van der Waals surface area contributed by atoms with E-state index in [9.17, 15) is 4.79 Å². The van der Waals surface area contributed by atoms with Gasteiger partial charge in [0.05, 0.1) is 18.3 Å². The fourth-order valence-electron chi connectivity index (χ4n) is 2.15. The number of carbonyl (C=O) groups is 1. The van der Waals surface area contributed by atoms with Crippen LogP contribution in [0.2, 0.25) is 0 Å². The first-order valence-electron chi connectivity index (χ1n) is 6.62. The second-order valence-corrected chi connectivity index (χ2v) is 4.97. The van der Waals surface area contributed by atoms with E-state index in [1.807, 2.05) is 31.3 Å². The average Bonchev–Trinajstić information content (AvgIpc) is 3.07. The Balaban J connectivity index is 1.72. The molecule has 1 aromatic carbocycles. The van der Waals surface area contributed by atoms with Crippen molar-refractivity contribution in [1.29, 1.82) is 0 Å². The second kappa shape index (κ2) is 5.35. The Bertz CT molecular complexity index is 774. The number of aromatic nitrogens is 5. The summed E-state index contributed by atoms with van der Waals surface area (Å²) in [5, 5.41) is 13.1. The van der Waals surface area contributed by atoms with Gasteiger partial charge in [0.25, 0.3) is 0 Å². The van der Waals surface area contributed by atoms with Crippen LogP contribution in [0.4, 0.5) is 0 Å². The van der Waals surface area contributed by atoms with Crippen molar-refractivity contribution in [3.05, 3.63) is 42.6 Å². The highest BCUT2D eigenvalue weighted by Crippen LogP contribution is 2.12. The van der Waals surface area contributed by atoms with Crippen molar-refractivity contribution in [2.24, 2.45) is 7.05 Å². The first kappa shape index (κ1) is 13.3. The molecule has 1 amide bonds. The standard InChI is InChI=1S/C14H16N6O/c1-18(8-13-17-15-10-19(13)2)14(21)9-20-12-6-4-3-5-11(12)7-16-20/h3-7,10H,8-9H2,1-2H3.